The summed E-state index contributed by atoms with van der Waals surface area (Å²) in [6, 6.07) is 4.27. The van der Waals surface area contributed by atoms with Gasteiger partial charge in [-0.2, -0.15) is 9.57 Å². The molecule has 0 aromatic heterocycles. The maximum Gasteiger partial charge on any atom is 0.339 e. The van der Waals surface area contributed by atoms with Crippen LogP contribution in [-0.2, 0) is 19.5 Å². The molecule has 1 saturated heterocycles. The van der Waals surface area contributed by atoms with Gasteiger partial charge in [-0.1, -0.05) is 23.2 Å². The van der Waals surface area contributed by atoms with Gasteiger partial charge in [0.15, 0.2) is 0 Å². The predicted molar refractivity (Wildman–Crippen MR) is 91.2 cm³/mol. The Morgan fingerprint density at radius 1 is 1.28 bits per heavy atom. The number of nitriles is 1. The fourth-order valence-electron chi connectivity index (χ4n) is 2.20. The molecule has 2 rings (SSSR count). The molecule has 0 bridgehead atoms. The third-order valence-electron chi connectivity index (χ3n) is 3.50. The lowest BCUT2D eigenvalue weighted by Gasteiger charge is -2.26. The Balaban J connectivity index is 2.28. The van der Waals surface area contributed by atoms with Crippen molar-refractivity contribution >= 4 is 39.2 Å². The zero-order valence-electron chi connectivity index (χ0n) is 13.2. The van der Waals surface area contributed by atoms with E-state index in [1.54, 1.807) is 0 Å². The Morgan fingerprint density at radius 3 is 2.60 bits per heavy atom. The van der Waals surface area contributed by atoms with Gasteiger partial charge in [-0.15, -0.1) is 0 Å². The zero-order valence-corrected chi connectivity index (χ0v) is 15.5. The van der Waals surface area contributed by atoms with Crippen LogP contribution in [-0.4, -0.2) is 51.6 Å². The van der Waals surface area contributed by atoms with Crippen molar-refractivity contribution in [3.8, 4) is 6.07 Å². The average molecular weight is 407 g/mol. The number of benzene rings is 1. The number of nitrogens with zero attached hydrogens (tertiary/aromatic N) is 2. The largest absolute Gasteiger partial charge is 0.462 e. The van der Waals surface area contributed by atoms with Crippen LogP contribution in [0, 0.1) is 11.3 Å². The molecule has 1 aromatic carbocycles. The van der Waals surface area contributed by atoms with Crippen LogP contribution in [0.3, 0.4) is 0 Å². The molecule has 7 nitrogen and oxygen atoms in total. The van der Waals surface area contributed by atoms with Gasteiger partial charge in [0.2, 0.25) is 10.0 Å². The Morgan fingerprint density at radius 2 is 1.96 bits per heavy atom. The number of halogens is 2. The van der Waals surface area contributed by atoms with Crippen molar-refractivity contribution in [1.29, 1.82) is 5.26 Å². The van der Waals surface area contributed by atoms with Crippen LogP contribution in [0.4, 0.5) is 0 Å². The highest BCUT2D eigenvalue weighted by Crippen LogP contribution is 2.31. The first-order valence-corrected chi connectivity index (χ1v) is 9.68. The summed E-state index contributed by atoms with van der Waals surface area (Å²) in [7, 11) is -3.88. The van der Waals surface area contributed by atoms with Gasteiger partial charge >= 0.3 is 5.97 Å². The normalized spacial score (nSPS) is 15.6. The predicted octanol–water partition coefficient (Wildman–Crippen LogP) is 2.47. The van der Waals surface area contributed by atoms with Crippen LogP contribution in [0.5, 0.6) is 0 Å². The van der Waals surface area contributed by atoms with E-state index in [-0.39, 0.29) is 59.8 Å². The fourth-order valence-corrected chi connectivity index (χ4v) is 4.44. The summed E-state index contributed by atoms with van der Waals surface area (Å²) in [6.07, 6.45) is 0.630. The molecule has 1 aliphatic heterocycles. The van der Waals surface area contributed by atoms with Gasteiger partial charge in [0.05, 0.1) is 41.5 Å². The third kappa shape index (κ3) is 4.84. The number of carbonyl (C=O) groups excluding carboxylic acids is 1. The number of esters is 1. The number of morpholine rings is 1. The molecule has 10 heteroatoms. The van der Waals surface area contributed by atoms with Crippen molar-refractivity contribution in [3.63, 3.8) is 0 Å². The summed E-state index contributed by atoms with van der Waals surface area (Å²) in [4.78, 5) is 11.9. The quantitative estimate of drug-likeness (QED) is 0.531. The fraction of sp³-hybridized carbons (Fsp3) is 0.467. The molecule has 1 aliphatic rings. The van der Waals surface area contributed by atoms with Crippen molar-refractivity contribution in [2.45, 2.75) is 17.7 Å². The molecule has 0 amide bonds. The molecular weight excluding hydrogens is 391 g/mol. The molecule has 0 saturated carbocycles. The minimum Gasteiger partial charge on any atom is -0.462 e. The second kappa shape index (κ2) is 8.83. The van der Waals surface area contributed by atoms with Crippen LogP contribution in [0.25, 0.3) is 0 Å². The Labute approximate surface area is 156 Å². The van der Waals surface area contributed by atoms with E-state index in [1.165, 1.54) is 10.4 Å². The van der Waals surface area contributed by atoms with E-state index in [4.69, 9.17) is 37.9 Å². The second-order valence-electron chi connectivity index (χ2n) is 5.18. The lowest BCUT2D eigenvalue weighted by atomic mass is 10.2. The number of hydrogen-bond donors (Lipinski definition) is 0. The lowest BCUT2D eigenvalue weighted by molar-refractivity contribution is 0.0501. The summed E-state index contributed by atoms with van der Waals surface area (Å²) >= 11 is 12.1. The van der Waals surface area contributed by atoms with E-state index in [0.29, 0.717) is 6.42 Å². The Kier molecular flexibility index (Phi) is 7.04. The number of sulfonamides is 1. The summed E-state index contributed by atoms with van der Waals surface area (Å²) in [5, 5.41) is 8.39. The van der Waals surface area contributed by atoms with Crippen LogP contribution >= 0.6 is 23.2 Å². The van der Waals surface area contributed by atoms with E-state index in [2.05, 4.69) is 0 Å². The summed E-state index contributed by atoms with van der Waals surface area (Å²) < 4.78 is 36.9. The van der Waals surface area contributed by atoms with Gasteiger partial charge in [0, 0.05) is 19.5 Å². The zero-order chi connectivity index (χ0) is 18.4. The van der Waals surface area contributed by atoms with E-state index in [0.717, 1.165) is 6.07 Å². The highest BCUT2D eigenvalue weighted by Gasteiger charge is 2.30. The molecule has 0 atom stereocenters. The maximum absolute atomic E-state index is 12.7. The second-order valence-corrected chi connectivity index (χ2v) is 7.90. The lowest BCUT2D eigenvalue weighted by Crippen LogP contribution is -2.40. The van der Waals surface area contributed by atoms with Crippen molar-refractivity contribution < 1.29 is 22.7 Å². The van der Waals surface area contributed by atoms with Crippen LogP contribution in [0.2, 0.25) is 10.0 Å². The summed E-state index contributed by atoms with van der Waals surface area (Å²) in [6.45, 7) is 1.03. The average Bonchev–Trinajstić information content (AvgIpc) is 2.59. The third-order valence-corrected chi connectivity index (χ3v) is 6.17. The molecule has 25 heavy (non-hydrogen) atoms. The maximum atomic E-state index is 12.7. The van der Waals surface area contributed by atoms with Crippen molar-refractivity contribution in [1.82, 2.24) is 4.31 Å². The van der Waals surface area contributed by atoms with E-state index >= 15 is 0 Å². The van der Waals surface area contributed by atoms with Gasteiger partial charge in [0.1, 0.15) is 4.90 Å². The first-order valence-electron chi connectivity index (χ1n) is 7.49. The molecule has 1 fully saturated rings. The number of unbranched alkanes of at least 4 members (excludes halogenated alkanes) is 1. The Bertz CT molecular complexity index is 786. The first-order chi connectivity index (χ1) is 11.9. The molecule has 136 valence electrons. The molecule has 0 radical (unpaired) electrons. The topological polar surface area (TPSA) is 96.7 Å². The monoisotopic (exact) mass is 406 g/mol. The van der Waals surface area contributed by atoms with E-state index in [1.807, 2.05) is 6.07 Å². The van der Waals surface area contributed by atoms with Gasteiger partial charge in [-0.05, 0) is 18.6 Å². The van der Waals surface area contributed by atoms with E-state index < -0.39 is 16.0 Å². The van der Waals surface area contributed by atoms with Crippen LogP contribution in [0.15, 0.2) is 17.0 Å². The smallest absolute Gasteiger partial charge is 0.339 e. The van der Waals surface area contributed by atoms with Gasteiger partial charge in [0.25, 0.3) is 0 Å². The first kappa shape index (κ1) is 19.9. The number of carbonyl (C=O) groups is 1. The number of rotatable bonds is 6. The van der Waals surface area contributed by atoms with Gasteiger partial charge in [-0.25, -0.2) is 13.2 Å². The standard InChI is InChI=1S/C15H16Cl2N2O5S/c16-12-10-13(17)14(25(21,22)19-4-7-23-8-5-19)9-11(12)15(20)24-6-2-1-3-18/h9-10H,1-2,4-8H2. The Hall–Kier alpha value is -1.37. The minimum atomic E-state index is -3.88. The van der Waals surface area contributed by atoms with Crippen molar-refractivity contribution in [2.75, 3.05) is 32.9 Å². The number of ether oxygens (including phenoxy) is 2. The molecule has 0 unspecified atom stereocenters. The van der Waals surface area contributed by atoms with Crippen LogP contribution in [0.1, 0.15) is 23.2 Å². The van der Waals surface area contributed by atoms with Crippen LogP contribution < -0.4 is 0 Å². The van der Waals surface area contributed by atoms with Crippen molar-refractivity contribution in [2.24, 2.45) is 0 Å². The minimum absolute atomic E-state index is 0.00351. The molecule has 0 N–H and O–H groups in total. The number of hydrogen-bond acceptors (Lipinski definition) is 6. The molecule has 0 spiro atoms. The highest BCUT2D eigenvalue weighted by atomic mass is 35.5. The molecule has 1 heterocycles. The highest BCUT2D eigenvalue weighted by molar-refractivity contribution is 7.89. The van der Waals surface area contributed by atoms with Gasteiger partial charge < -0.3 is 9.47 Å². The summed E-state index contributed by atoms with van der Waals surface area (Å²) in [5.74, 6) is -0.766. The molecular formula is C15H16Cl2N2O5S. The molecule has 0 aliphatic carbocycles. The summed E-state index contributed by atoms with van der Waals surface area (Å²) in [5.41, 5.74) is -0.0881. The van der Waals surface area contributed by atoms with Crippen molar-refractivity contribution in [3.05, 3.63) is 27.7 Å². The van der Waals surface area contributed by atoms with Gasteiger partial charge in [-0.3, -0.25) is 0 Å². The SMILES string of the molecule is N#CCCCOC(=O)c1cc(S(=O)(=O)N2CCOCC2)c(Cl)cc1Cl. The molecule has 1 aromatic rings. The van der Waals surface area contributed by atoms with E-state index in [9.17, 15) is 13.2 Å².